The molecule has 1 fully saturated rings. The number of carbonyl (C=O) groups excluding carboxylic acids is 1. The molecule has 18 heavy (non-hydrogen) atoms. The quantitative estimate of drug-likeness (QED) is 0.742. The third-order valence-corrected chi connectivity index (χ3v) is 3.98. The number of carbonyl (C=O) groups is 2. The number of carboxylic acids is 1. The molecule has 0 saturated heterocycles. The summed E-state index contributed by atoms with van der Waals surface area (Å²) >= 11 is 0. The molecule has 1 aliphatic rings. The normalized spacial score (nSPS) is 18.3. The first-order valence-electron chi connectivity index (χ1n) is 7.04. The highest BCUT2D eigenvalue weighted by Crippen LogP contribution is 2.26. The van der Waals surface area contributed by atoms with Crippen LogP contribution in [0.2, 0.25) is 0 Å². The Labute approximate surface area is 109 Å². The summed E-state index contributed by atoms with van der Waals surface area (Å²) in [6.07, 6.45) is 7.84. The van der Waals surface area contributed by atoms with Gasteiger partial charge in [0.2, 0.25) is 5.91 Å². The number of aliphatic carboxylic acids is 1. The molecule has 1 unspecified atom stereocenters. The van der Waals surface area contributed by atoms with Crippen molar-refractivity contribution in [1.82, 2.24) is 4.90 Å². The van der Waals surface area contributed by atoms with Crippen molar-refractivity contribution in [3.8, 4) is 0 Å². The Balaban J connectivity index is 2.36. The average molecular weight is 255 g/mol. The van der Waals surface area contributed by atoms with Crippen molar-refractivity contribution in [3.05, 3.63) is 0 Å². The summed E-state index contributed by atoms with van der Waals surface area (Å²) in [6, 6.07) is 0. The lowest BCUT2D eigenvalue weighted by atomic mass is 9.87. The molecule has 0 heterocycles. The number of carboxylic acid groups (broad SMARTS) is 1. The molecule has 0 aromatic heterocycles. The minimum atomic E-state index is -1.01. The number of amides is 1. The first-order chi connectivity index (χ1) is 8.56. The zero-order chi connectivity index (χ0) is 13.5. The first-order valence-corrected chi connectivity index (χ1v) is 7.04. The molecule has 1 amide bonds. The van der Waals surface area contributed by atoms with Crippen LogP contribution in [0.5, 0.6) is 0 Å². The summed E-state index contributed by atoms with van der Waals surface area (Å²) in [6.45, 7) is 2.43. The molecule has 1 aliphatic carbocycles. The maximum atomic E-state index is 11.9. The van der Waals surface area contributed by atoms with Crippen molar-refractivity contribution in [1.29, 1.82) is 0 Å². The van der Waals surface area contributed by atoms with E-state index in [2.05, 4.69) is 0 Å². The molecule has 1 rings (SSSR count). The molecular formula is C14H25NO3. The fourth-order valence-corrected chi connectivity index (χ4v) is 2.68. The van der Waals surface area contributed by atoms with Gasteiger partial charge in [0.15, 0.2) is 0 Å². The summed E-state index contributed by atoms with van der Waals surface area (Å²) in [5.41, 5.74) is 0. The minimum Gasteiger partial charge on any atom is -0.481 e. The van der Waals surface area contributed by atoms with E-state index in [0.29, 0.717) is 13.0 Å². The SMILES string of the molecule is CCC(C(=O)O)C(=O)N(C)CCC1CCCCC1. The van der Waals surface area contributed by atoms with Crippen LogP contribution in [-0.2, 0) is 9.59 Å². The van der Waals surface area contributed by atoms with E-state index in [1.807, 2.05) is 0 Å². The Hall–Kier alpha value is -1.06. The lowest BCUT2D eigenvalue weighted by molar-refractivity contribution is -0.150. The molecule has 4 nitrogen and oxygen atoms in total. The van der Waals surface area contributed by atoms with Crippen LogP contribution in [0.1, 0.15) is 51.9 Å². The van der Waals surface area contributed by atoms with Crippen molar-refractivity contribution in [3.63, 3.8) is 0 Å². The van der Waals surface area contributed by atoms with Crippen molar-refractivity contribution < 1.29 is 14.7 Å². The van der Waals surface area contributed by atoms with Crippen LogP contribution in [0.4, 0.5) is 0 Å². The maximum Gasteiger partial charge on any atom is 0.316 e. The van der Waals surface area contributed by atoms with Crippen LogP contribution in [0.15, 0.2) is 0 Å². The van der Waals surface area contributed by atoms with Gasteiger partial charge in [0.1, 0.15) is 5.92 Å². The standard InChI is InChI=1S/C14H25NO3/c1-3-12(14(17)18)13(16)15(2)10-9-11-7-5-4-6-8-11/h11-12H,3-10H2,1-2H3,(H,17,18). The van der Waals surface area contributed by atoms with Crippen molar-refractivity contribution in [2.45, 2.75) is 51.9 Å². The van der Waals surface area contributed by atoms with Gasteiger partial charge in [0, 0.05) is 13.6 Å². The topological polar surface area (TPSA) is 57.6 Å². The van der Waals surface area contributed by atoms with Crippen LogP contribution in [-0.4, -0.2) is 35.5 Å². The number of hydrogen-bond acceptors (Lipinski definition) is 2. The second kappa shape index (κ2) is 7.39. The Morgan fingerprint density at radius 3 is 2.39 bits per heavy atom. The van der Waals surface area contributed by atoms with Gasteiger partial charge in [0.05, 0.1) is 0 Å². The van der Waals surface area contributed by atoms with E-state index in [-0.39, 0.29) is 5.91 Å². The Morgan fingerprint density at radius 2 is 1.89 bits per heavy atom. The van der Waals surface area contributed by atoms with Gasteiger partial charge in [-0.1, -0.05) is 39.0 Å². The smallest absolute Gasteiger partial charge is 0.316 e. The first kappa shape index (κ1) is 15.0. The number of hydrogen-bond donors (Lipinski definition) is 1. The molecule has 104 valence electrons. The summed E-state index contributed by atoms with van der Waals surface area (Å²) in [7, 11) is 1.72. The predicted molar refractivity (Wildman–Crippen MR) is 70.2 cm³/mol. The van der Waals surface area contributed by atoms with Gasteiger partial charge in [-0.15, -0.1) is 0 Å². The van der Waals surface area contributed by atoms with E-state index in [4.69, 9.17) is 5.11 Å². The average Bonchev–Trinajstić information content (AvgIpc) is 2.37. The van der Waals surface area contributed by atoms with Gasteiger partial charge >= 0.3 is 5.97 Å². The number of nitrogens with zero attached hydrogens (tertiary/aromatic N) is 1. The van der Waals surface area contributed by atoms with Gasteiger partial charge in [-0.2, -0.15) is 0 Å². The maximum absolute atomic E-state index is 11.9. The molecule has 0 bridgehead atoms. The lowest BCUT2D eigenvalue weighted by Crippen LogP contribution is -2.37. The highest BCUT2D eigenvalue weighted by atomic mass is 16.4. The van der Waals surface area contributed by atoms with Gasteiger partial charge in [-0.25, -0.2) is 0 Å². The molecule has 4 heteroatoms. The molecule has 1 N–H and O–H groups in total. The van der Waals surface area contributed by atoms with E-state index in [1.165, 1.54) is 32.1 Å². The van der Waals surface area contributed by atoms with E-state index in [1.54, 1.807) is 18.9 Å². The Bertz CT molecular complexity index is 285. The summed E-state index contributed by atoms with van der Waals surface area (Å²) in [5, 5.41) is 8.96. The molecule has 0 aromatic carbocycles. The fourth-order valence-electron chi connectivity index (χ4n) is 2.68. The summed E-state index contributed by atoms with van der Waals surface area (Å²) < 4.78 is 0. The molecule has 0 aromatic rings. The van der Waals surface area contributed by atoms with Crippen LogP contribution in [0.3, 0.4) is 0 Å². The third-order valence-electron chi connectivity index (χ3n) is 3.98. The number of rotatable bonds is 6. The van der Waals surface area contributed by atoms with Gasteiger partial charge < -0.3 is 10.0 Å². The highest BCUT2D eigenvalue weighted by molar-refractivity contribution is 5.96. The van der Waals surface area contributed by atoms with Crippen molar-refractivity contribution in [2.24, 2.45) is 11.8 Å². The molecule has 1 atom stereocenters. The molecule has 0 radical (unpaired) electrons. The molecule has 0 aliphatic heterocycles. The molecular weight excluding hydrogens is 230 g/mol. The monoisotopic (exact) mass is 255 g/mol. The second-order valence-corrected chi connectivity index (χ2v) is 5.35. The van der Waals surface area contributed by atoms with Crippen LogP contribution in [0, 0.1) is 11.8 Å². The fraction of sp³-hybridized carbons (Fsp3) is 0.857. The van der Waals surface area contributed by atoms with E-state index in [0.717, 1.165) is 12.3 Å². The van der Waals surface area contributed by atoms with Crippen molar-refractivity contribution >= 4 is 11.9 Å². The van der Waals surface area contributed by atoms with Gasteiger partial charge in [-0.3, -0.25) is 9.59 Å². The van der Waals surface area contributed by atoms with Crippen LogP contribution < -0.4 is 0 Å². The zero-order valence-electron chi connectivity index (χ0n) is 11.5. The summed E-state index contributed by atoms with van der Waals surface area (Å²) in [5.74, 6) is -1.41. The van der Waals surface area contributed by atoms with E-state index >= 15 is 0 Å². The Morgan fingerprint density at radius 1 is 1.28 bits per heavy atom. The lowest BCUT2D eigenvalue weighted by Gasteiger charge is -2.26. The van der Waals surface area contributed by atoms with Gasteiger partial charge in [0.25, 0.3) is 0 Å². The zero-order valence-corrected chi connectivity index (χ0v) is 11.5. The van der Waals surface area contributed by atoms with Crippen molar-refractivity contribution in [2.75, 3.05) is 13.6 Å². The second-order valence-electron chi connectivity index (χ2n) is 5.35. The van der Waals surface area contributed by atoms with E-state index in [9.17, 15) is 9.59 Å². The highest BCUT2D eigenvalue weighted by Gasteiger charge is 2.27. The molecule has 1 saturated carbocycles. The predicted octanol–water partition coefficient (Wildman–Crippen LogP) is 2.53. The van der Waals surface area contributed by atoms with Gasteiger partial charge in [-0.05, 0) is 18.8 Å². The third kappa shape index (κ3) is 4.31. The van der Waals surface area contributed by atoms with Crippen LogP contribution in [0.25, 0.3) is 0 Å². The summed E-state index contributed by atoms with van der Waals surface area (Å²) in [4.78, 5) is 24.5. The molecule has 0 spiro atoms. The minimum absolute atomic E-state index is 0.249. The van der Waals surface area contributed by atoms with E-state index < -0.39 is 11.9 Å². The largest absolute Gasteiger partial charge is 0.481 e. The van der Waals surface area contributed by atoms with Crippen LogP contribution >= 0.6 is 0 Å². The Kier molecular flexibility index (Phi) is 6.16.